The highest BCUT2D eigenvalue weighted by Gasteiger charge is 2.33. The van der Waals surface area contributed by atoms with Gasteiger partial charge in [0.15, 0.2) is 0 Å². The monoisotopic (exact) mass is 483 g/mol. The van der Waals surface area contributed by atoms with E-state index in [1.54, 1.807) is 24.4 Å². The Balaban J connectivity index is 1.49. The summed E-state index contributed by atoms with van der Waals surface area (Å²) < 4.78 is 38.7. The zero-order chi connectivity index (χ0) is 24.0. The minimum absolute atomic E-state index is 0.00885. The van der Waals surface area contributed by atoms with Crippen molar-refractivity contribution in [3.05, 3.63) is 82.4 Å². The molecule has 1 aliphatic carbocycles. The number of nitrogens with zero attached hydrogens (tertiary/aromatic N) is 3. The van der Waals surface area contributed by atoms with Gasteiger partial charge in [0.1, 0.15) is 16.7 Å². The zero-order valence-electron chi connectivity index (χ0n) is 17.7. The van der Waals surface area contributed by atoms with Crippen molar-refractivity contribution in [2.24, 2.45) is 0 Å². The number of fused-ring (bicyclic) bond motifs is 1. The van der Waals surface area contributed by atoms with Crippen molar-refractivity contribution in [1.29, 1.82) is 0 Å². The molecule has 1 aliphatic rings. The fourth-order valence-corrected chi connectivity index (χ4v) is 3.99. The number of aromatic amines is 1. The predicted octanol–water partition coefficient (Wildman–Crippen LogP) is 6.30. The van der Waals surface area contributed by atoms with E-state index in [-0.39, 0.29) is 17.2 Å². The molecular formula is C24H17ClF3N5O. The van der Waals surface area contributed by atoms with Crippen LogP contribution in [-0.4, -0.2) is 25.8 Å². The maximum Gasteiger partial charge on any atom is 0.433 e. The lowest BCUT2D eigenvalue weighted by Gasteiger charge is -2.21. The summed E-state index contributed by atoms with van der Waals surface area (Å²) >= 11 is 5.99. The van der Waals surface area contributed by atoms with Crippen LogP contribution < -0.4 is 5.32 Å². The third kappa shape index (κ3) is 4.14. The molecular weight excluding hydrogens is 467 g/mol. The van der Waals surface area contributed by atoms with E-state index in [2.05, 4.69) is 37.4 Å². The summed E-state index contributed by atoms with van der Waals surface area (Å²) in [6, 6.07) is 9.05. The number of halogens is 4. The number of anilines is 1. The van der Waals surface area contributed by atoms with E-state index in [9.17, 15) is 18.0 Å². The molecule has 2 N–H and O–H groups in total. The quantitative estimate of drug-likeness (QED) is 0.264. The molecule has 0 fully saturated rings. The number of hydrogen-bond donors (Lipinski definition) is 2. The number of amides is 1. The summed E-state index contributed by atoms with van der Waals surface area (Å²) in [7, 11) is 0. The van der Waals surface area contributed by atoms with Crippen LogP contribution in [-0.2, 0) is 6.18 Å². The molecule has 5 rings (SSSR count). The molecule has 1 atom stereocenters. The fourth-order valence-electron chi connectivity index (χ4n) is 3.84. The van der Waals surface area contributed by atoms with Crippen molar-refractivity contribution >= 4 is 34.2 Å². The summed E-state index contributed by atoms with van der Waals surface area (Å²) in [6.07, 6.45) is 2.08. The molecule has 172 valence electrons. The SMILES string of the molecule is Cc1nc(C(F)(F)F)ccc1C(=O)Nc1ccc(C2C=CC2)c(-c2nc3cc(Cl)ncc3[nH]2)c1. The van der Waals surface area contributed by atoms with Crippen LogP contribution in [0.25, 0.3) is 22.4 Å². The molecule has 10 heteroatoms. The van der Waals surface area contributed by atoms with Crippen LogP contribution in [0.1, 0.15) is 39.6 Å². The lowest BCUT2D eigenvalue weighted by atomic mass is 9.84. The second kappa shape index (κ2) is 8.25. The molecule has 4 aromatic rings. The first-order valence-corrected chi connectivity index (χ1v) is 10.8. The molecule has 1 unspecified atom stereocenters. The number of aryl methyl sites for hydroxylation is 1. The van der Waals surface area contributed by atoms with Gasteiger partial charge in [-0.05, 0) is 43.2 Å². The minimum atomic E-state index is -4.58. The lowest BCUT2D eigenvalue weighted by molar-refractivity contribution is -0.141. The summed E-state index contributed by atoms with van der Waals surface area (Å²) in [5.41, 5.74) is 2.69. The van der Waals surface area contributed by atoms with Crippen LogP contribution in [0.3, 0.4) is 0 Å². The maximum atomic E-state index is 12.9. The highest BCUT2D eigenvalue weighted by atomic mass is 35.5. The molecule has 0 bridgehead atoms. The zero-order valence-corrected chi connectivity index (χ0v) is 18.5. The average Bonchev–Trinajstić information content (AvgIpc) is 3.15. The Morgan fingerprint density at radius 1 is 1.18 bits per heavy atom. The second-order valence-corrected chi connectivity index (χ2v) is 8.35. The summed E-state index contributed by atoms with van der Waals surface area (Å²) in [5.74, 6) is 0.260. The van der Waals surface area contributed by atoms with Gasteiger partial charge in [-0.1, -0.05) is 29.8 Å². The number of alkyl halides is 3. The van der Waals surface area contributed by atoms with Crippen LogP contribution in [0, 0.1) is 6.92 Å². The van der Waals surface area contributed by atoms with Crippen molar-refractivity contribution in [1.82, 2.24) is 19.9 Å². The highest BCUT2D eigenvalue weighted by Crippen LogP contribution is 2.37. The van der Waals surface area contributed by atoms with Gasteiger partial charge in [-0.15, -0.1) is 0 Å². The largest absolute Gasteiger partial charge is 0.433 e. The Kier molecular flexibility index (Phi) is 5.36. The number of imidazole rings is 1. The molecule has 0 saturated carbocycles. The van der Waals surface area contributed by atoms with E-state index in [0.717, 1.165) is 35.2 Å². The Hall–Kier alpha value is -3.72. The number of nitrogens with one attached hydrogen (secondary N) is 2. The number of rotatable bonds is 4. The molecule has 1 amide bonds. The van der Waals surface area contributed by atoms with Crippen LogP contribution in [0.4, 0.5) is 18.9 Å². The number of aromatic nitrogens is 4. The Morgan fingerprint density at radius 3 is 2.65 bits per heavy atom. The van der Waals surface area contributed by atoms with E-state index in [0.29, 0.717) is 22.2 Å². The second-order valence-electron chi connectivity index (χ2n) is 7.96. The minimum Gasteiger partial charge on any atom is -0.337 e. The Bertz CT molecular complexity index is 1460. The standard InChI is InChI=1S/C24H17ClF3N5O/c1-12-15(7-8-20(30-12)24(26,27)28)23(34)31-14-5-6-16(13-3-2-4-13)17(9-14)22-32-18-10-21(25)29-11-19(18)33-22/h2-3,5-11,13H,4H2,1H3,(H,31,34)(H,32,33). The molecule has 1 aromatic carbocycles. The number of benzene rings is 1. The van der Waals surface area contributed by atoms with Crippen molar-refractivity contribution in [3.63, 3.8) is 0 Å². The van der Waals surface area contributed by atoms with E-state index >= 15 is 0 Å². The smallest absolute Gasteiger partial charge is 0.337 e. The van der Waals surface area contributed by atoms with Gasteiger partial charge in [-0.2, -0.15) is 13.2 Å². The molecule has 34 heavy (non-hydrogen) atoms. The predicted molar refractivity (Wildman–Crippen MR) is 123 cm³/mol. The van der Waals surface area contributed by atoms with Crippen molar-refractivity contribution in [2.45, 2.75) is 25.4 Å². The average molecular weight is 484 g/mol. The summed E-state index contributed by atoms with van der Waals surface area (Å²) in [6.45, 7) is 1.37. The number of pyridine rings is 2. The third-order valence-corrected chi connectivity index (χ3v) is 5.89. The van der Waals surface area contributed by atoms with Gasteiger partial charge in [0.25, 0.3) is 5.91 Å². The van der Waals surface area contributed by atoms with Crippen LogP contribution in [0.5, 0.6) is 0 Å². The van der Waals surface area contributed by atoms with E-state index in [4.69, 9.17) is 11.6 Å². The summed E-state index contributed by atoms with van der Waals surface area (Å²) in [4.78, 5) is 28.3. The third-order valence-electron chi connectivity index (χ3n) is 5.68. The van der Waals surface area contributed by atoms with Gasteiger partial charge in [0.2, 0.25) is 0 Å². The van der Waals surface area contributed by atoms with Gasteiger partial charge in [0.05, 0.1) is 28.5 Å². The lowest BCUT2D eigenvalue weighted by Crippen LogP contribution is -2.17. The first-order valence-electron chi connectivity index (χ1n) is 10.4. The van der Waals surface area contributed by atoms with E-state index in [1.807, 2.05) is 6.07 Å². The molecule has 3 aromatic heterocycles. The van der Waals surface area contributed by atoms with Gasteiger partial charge in [0, 0.05) is 23.2 Å². The normalized spacial score (nSPS) is 15.4. The number of H-pyrrole nitrogens is 1. The van der Waals surface area contributed by atoms with Crippen molar-refractivity contribution < 1.29 is 18.0 Å². The molecule has 0 spiro atoms. The number of hydrogen-bond acceptors (Lipinski definition) is 4. The van der Waals surface area contributed by atoms with Crippen molar-refractivity contribution in [3.8, 4) is 11.4 Å². The fraction of sp³-hybridized carbons (Fsp3) is 0.167. The van der Waals surface area contributed by atoms with Gasteiger partial charge in [-0.25, -0.2) is 15.0 Å². The molecule has 0 saturated heterocycles. The van der Waals surface area contributed by atoms with Crippen LogP contribution in [0.15, 0.2) is 54.7 Å². The van der Waals surface area contributed by atoms with Crippen LogP contribution in [0.2, 0.25) is 5.15 Å². The highest BCUT2D eigenvalue weighted by molar-refractivity contribution is 6.29. The van der Waals surface area contributed by atoms with Gasteiger partial charge >= 0.3 is 6.18 Å². The van der Waals surface area contributed by atoms with E-state index < -0.39 is 17.8 Å². The Morgan fingerprint density at radius 2 is 1.97 bits per heavy atom. The first-order chi connectivity index (χ1) is 16.2. The van der Waals surface area contributed by atoms with Crippen molar-refractivity contribution in [2.75, 3.05) is 5.32 Å². The van der Waals surface area contributed by atoms with Gasteiger partial charge < -0.3 is 10.3 Å². The number of carbonyl (C=O) groups is 1. The number of carbonyl (C=O) groups excluding carboxylic acids is 1. The maximum absolute atomic E-state index is 12.9. The van der Waals surface area contributed by atoms with E-state index in [1.165, 1.54) is 6.92 Å². The van der Waals surface area contributed by atoms with Gasteiger partial charge in [-0.3, -0.25) is 4.79 Å². The topological polar surface area (TPSA) is 83.6 Å². The Labute approximate surface area is 196 Å². The first kappa shape index (κ1) is 22.1. The molecule has 0 aliphatic heterocycles. The molecule has 3 heterocycles. The number of allylic oxidation sites excluding steroid dienone is 2. The molecule has 6 nitrogen and oxygen atoms in total. The molecule has 0 radical (unpaired) electrons. The van der Waals surface area contributed by atoms with Crippen LogP contribution >= 0.6 is 11.6 Å². The summed E-state index contributed by atoms with van der Waals surface area (Å²) in [5, 5.41) is 3.09.